The number of rotatable bonds is 5. The summed E-state index contributed by atoms with van der Waals surface area (Å²) in [6.07, 6.45) is 1.71. The van der Waals surface area contributed by atoms with Crippen molar-refractivity contribution in [3.05, 3.63) is 68.7 Å². The van der Waals surface area contributed by atoms with Crippen molar-refractivity contribution in [1.82, 2.24) is 0 Å². The van der Waals surface area contributed by atoms with E-state index in [9.17, 15) is 9.59 Å². The van der Waals surface area contributed by atoms with Crippen LogP contribution in [0, 0.1) is 6.92 Å². The summed E-state index contributed by atoms with van der Waals surface area (Å²) in [6, 6.07) is 10.0. The van der Waals surface area contributed by atoms with Crippen LogP contribution < -0.4 is 5.32 Å². The molecule has 26 heavy (non-hydrogen) atoms. The minimum atomic E-state index is -0.979. The summed E-state index contributed by atoms with van der Waals surface area (Å²) in [5.41, 5.74) is 2.03. The fraction of sp³-hybridized carbons (Fsp3) is 0.158. The molecule has 2 aromatic rings. The standard InChI is InChI=1S/C19H16Cl3NO3/c1-11-3-7-15(10-16(11)21)23-19(25)12(2)26-18(24)8-5-13-4-6-14(20)9-17(13)22/h3-10,12H,1-2H3,(H,23,25). The maximum absolute atomic E-state index is 12.1. The number of carbonyl (C=O) groups excluding carboxylic acids is 2. The number of aryl methyl sites for hydroxylation is 1. The lowest BCUT2D eigenvalue weighted by Crippen LogP contribution is -2.29. The lowest BCUT2D eigenvalue weighted by Gasteiger charge is -2.13. The van der Waals surface area contributed by atoms with Crippen LogP contribution >= 0.6 is 34.8 Å². The molecule has 2 aromatic carbocycles. The van der Waals surface area contributed by atoms with Gasteiger partial charge in [-0.15, -0.1) is 0 Å². The van der Waals surface area contributed by atoms with E-state index in [1.54, 1.807) is 36.4 Å². The first-order chi connectivity index (χ1) is 12.3. The number of anilines is 1. The van der Waals surface area contributed by atoms with Crippen molar-refractivity contribution in [2.24, 2.45) is 0 Å². The SMILES string of the molecule is Cc1ccc(NC(=O)C(C)OC(=O)C=Cc2ccc(Cl)cc2Cl)cc1Cl. The molecule has 1 N–H and O–H groups in total. The summed E-state index contributed by atoms with van der Waals surface area (Å²) in [5.74, 6) is -1.13. The van der Waals surface area contributed by atoms with Crippen molar-refractivity contribution >= 4 is 58.4 Å². The lowest BCUT2D eigenvalue weighted by molar-refractivity contribution is -0.148. The maximum Gasteiger partial charge on any atom is 0.331 e. The third-order valence-electron chi connectivity index (χ3n) is 3.46. The summed E-state index contributed by atoms with van der Waals surface area (Å²) < 4.78 is 5.08. The topological polar surface area (TPSA) is 55.4 Å². The van der Waals surface area contributed by atoms with Gasteiger partial charge in [0.2, 0.25) is 0 Å². The van der Waals surface area contributed by atoms with Gasteiger partial charge in [0.25, 0.3) is 5.91 Å². The number of amides is 1. The van der Waals surface area contributed by atoms with E-state index in [4.69, 9.17) is 39.5 Å². The largest absolute Gasteiger partial charge is 0.449 e. The molecule has 0 saturated heterocycles. The van der Waals surface area contributed by atoms with Crippen LogP contribution in [0.5, 0.6) is 0 Å². The average molecular weight is 413 g/mol. The number of esters is 1. The number of benzene rings is 2. The molecule has 0 bridgehead atoms. The highest BCUT2D eigenvalue weighted by Crippen LogP contribution is 2.22. The van der Waals surface area contributed by atoms with E-state index in [0.29, 0.717) is 26.3 Å². The van der Waals surface area contributed by atoms with Gasteiger partial charge in [0.15, 0.2) is 6.10 Å². The summed E-state index contributed by atoms with van der Waals surface area (Å²) >= 11 is 17.9. The highest BCUT2D eigenvalue weighted by molar-refractivity contribution is 6.35. The molecular formula is C19H16Cl3NO3. The van der Waals surface area contributed by atoms with Gasteiger partial charge in [-0.1, -0.05) is 46.9 Å². The van der Waals surface area contributed by atoms with Crippen LogP contribution in [0.15, 0.2) is 42.5 Å². The first-order valence-electron chi connectivity index (χ1n) is 7.67. The Morgan fingerprint density at radius 3 is 2.46 bits per heavy atom. The molecule has 0 spiro atoms. The summed E-state index contributed by atoms with van der Waals surface area (Å²) in [5, 5.41) is 4.08. The van der Waals surface area contributed by atoms with Gasteiger partial charge in [-0.3, -0.25) is 4.79 Å². The van der Waals surface area contributed by atoms with E-state index >= 15 is 0 Å². The minimum absolute atomic E-state index is 0.406. The zero-order chi connectivity index (χ0) is 19.3. The predicted molar refractivity (Wildman–Crippen MR) is 106 cm³/mol. The summed E-state index contributed by atoms with van der Waals surface area (Å²) in [6.45, 7) is 3.34. The molecule has 0 saturated carbocycles. The molecule has 2 rings (SSSR count). The second-order valence-corrected chi connectivity index (χ2v) is 6.78. The predicted octanol–water partition coefficient (Wildman–Crippen LogP) is 5.54. The molecule has 1 unspecified atom stereocenters. The Hall–Kier alpha value is -2.01. The first-order valence-corrected chi connectivity index (χ1v) is 8.80. The molecule has 0 aromatic heterocycles. The fourth-order valence-electron chi connectivity index (χ4n) is 1.98. The molecule has 0 aliphatic carbocycles. The van der Waals surface area contributed by atoms with Gasteiger partial charge in [-0.25, -0.2) is 4.79 Å². The highest BCUT2D eigenvalue weighted by atomic mass is 35.5. The van der Waals surface area contributed by atoms with Crippen LogP contribution in [0.3, 0.4) is 0 Å². The molecule has 0 aliphatic rings. The van der Waals surface area contributed by atoms with Crippen molar-refractivity contribution in [1.29, 1.82) is 0 Å². The van der Waals surface area contributed by atoms with Crippen LogP contribution in [-0.4, -0.2) is 18.0 Å². The van der Waals surface area contributed by atoms with Gasteiger partial charge in [0.05, 0.1) is 0 Å². The van der Waals surface area contributed by atoms with Crippen molar-refractivity contribution < 1.29 is 14.3 Å². The van der Waals surface area contributed by atoms with Gasteiger partial charge < -0.3 is 10.1 Å². The van der Waals surface area contributed by atoms with Gasteiger partial charge in [-0.05, 0) is 55.3 Å². The first kappa shape index (κ1) is 20.3. The molecular weight excluding hydrogens is 397 g/mol. The quantitative estimate of drug-likeness (QED) is 0.518. The number of ether oxygens (including phenoxy) is 1. The Morgan fingerprint density at radius 2 is 1.81 bits per heavy atom. The third kappa shape index (κ3) is 5.77. The second kappa shape index (κ2) is 9.08. The van der Waals surface area contributed by atoms with Crippen LogP contribution in [0.1, 0.15) is 18.1 Å². The smallest absolute Gasteiger partial charge is 0.331 e. The molecule has 0 radical (unpaired) electrons. The van der Waals surface area contributed by atoms with E-state index in [2.05, 4.69) is 5.32 Å². The Kier molecular flexibility index (Phi) is 7.09. The lowest BCUT2D eigenvalue weighted by atomic mass is 10.2. The van der Waals surface area contributed by atoms with E-state index in [1.165, 1.54) is 19.1 Å². The third-order valence-corrected chi connectivity index (χ3v) is 4.43. The zero-order valence-electron chi connectivity index (χ0n) is 14.1. The second-order valence-electron chi connectivity index (χ2n) is 5.53. The number of carbonyl (C=O) groups is 2. The number of hydrogen-bond donors (Lipinski definition) is 1. The molecule has 0 heterocycles. The Morgan fingerprint density at radius 1 is 1.08 bits per heavy atom. The highest BCUT2D eigenvalue weighted by Gasteiger charge is 2.17. The van der Waals surface area contributed by atoms with Crippen LogP contribution in [0.25, 0.3) is 6.08 Å². The molecule has 136 valence electrons. The monoisotopic (exact) mass is 411 g/mol. The molecule has 0 fully saturated rings. The molecule has 0 aliphatic heterocycles. The zero-order valence-corrected chi connectivity index (χ0v) is 16.3. The van der Waals surface area contributed by atoms with Gasteiger partial charge in [0, 0.05) is 26.8 Å². The fourth-order valence-corrected chi connectivity index (χ4v) is 2.63. The molecule has 1 amide bonds. The van der Waals surface area contributed by atoms with Gasteiger partial charge >= 0.3 is 5.97 Å². The number of hydrogen-bond acceptors (Lipinski definition) is 3. The van der Waals surface area contributed by atoms with Crippen molar-refractivity contribution in [3.63, 3.8) is 0 Å². The van der Waals surface area contributed by atoms with Crippen molar-refractivity contribution in [2.45, 2.75) is 20.0 Å². The summed E-state index contributed by atoms with van der Waals surface area (Å²) in [4.78, 5) is 24.0. The maximum atomic E-state index is 12.1. The molecule has 4 nitrogen and oxygen atoms in total. The van der Waals surface area contributed by atoms with Gasteiger partial charge in [0.1, 0.15) is 0 Å². The van der Waals surface area contributed by atoms with Gasteiger partial charge in [-0.2, -0.15) is 0 Å². The minimum Gasteiger partial charge on any atom is -0.449 e. The Balaban J connectivity index is 1.94. The number of nitrogens with one attached hydrogen (secondary N) is 1. The van der Waals surface area contributed by atoms with E-state index in [-0.39, 0.29) is 0 Å². The van der Waals surface area contributed by atoms with Crippen molar-refractivity contribution in [3.8, 4) is 0 Å². The normalized spacial score (nSPS) is 12.0. The van der Waals surface area contributed by atoms with E-state index in [1.807, 2.05) is 6.92 Å². The van der Waals surface area contributed by atoms with E-state index < -0.39 is 18.0 Å². The van der Waals surface area contributed by atoms with E-state index in [0.717, 1.165) is 5.56 Å². The number of halogens is 3. The summed E-state index contributed by atoms with van der Waals surface area (Å²) in [7, 11) is 0. The Bertz CT molecular complexity index is 865. The molecule has 1 atom stereocenters. The van der Waals surface area contributed by atoms with Crippen LogP contribution in [0.4, 0.5) is 5.69 Å². The van der Waals surface area contributed by atoms with Crippen LogP contribution in [0.2, 0.25) is 15.1 Å². The average Bonchev–Trinajstić information content (AvgIpc) is 2.57. The van der Waals surface area contributed by atoms with Crippen molar-refractivity contribution in [2.75, 3.05) is 5.32 Å². The van der Waals surface area contributed by atoms with Crippen LogP contribution in [-0.2, 0) is 14.3 Å². The molecule has 7 heteroatoms. The Labute approximate surface area is 166 Å².